The molecule has 1 saturated heterocycles. The number of rotatable bonds is 9. The highest BCUT2D eigenvalue weighted by atomic mass is 31.2. The molecule has 172 valence electrons. The van der Waals surface area contributed by atoms with Gasteiger partial charge in [0.2, 0.25) is 5.91 Å². The highest BCUT2D eigenvalue weighted by Crippen LogP contribution is 2.53. The monoisotopic (exact) mass is 458 g/mol. The second-order valence-electron chi connectivity index (χ2n) is 7.52. The van der Waals surface area contributed by atoms with Crippen LogP contribution in [-0.2, 0) is 44.1 Å². The number of carbonyl (C=O) groups is 3. The zero-order valence-corrected chi connectivity index (χ0v) is 18.7. The zero-order chi connectivity index (χ0) is 23.1. The van der Waals surface area contributed by atoms with Crippen LogP contribution in [0.15, 0.2) is 18.6 Å². The van der Waals surface area contributed by atoms with Crippen LogP contribution in [0, 0.1) is 5.41 Å². The van der Waals surface area contributed by atoms with Gasteiger partial charge in [0, 0.05) is 24.4 Å². The molecule has 1 amide bonds. The lowest BCUT2D eigenvalue weighted by molar-refractivity contribution is -0.147. The summed E-state index contributed by atoms with van der Waals surface area (Å²) in [5.74, 6) is -1.75. The van der Waals surface area contributed by atoms with Crippen LogP contribution in [0.5, 0.6) is 0 Å². The first-order valence-electron chi connectivity index (χ1n) is 9.53. The topological polar surface area (TPSA) is 155 Å². The van der Waals surface area contributed by atoms with Crippen molar-refractivity contribution in [2.75, 3.05) is 20.3 Å². The van der Waals surface area contributed by atoms with Gasteiger partial charge in [0.05, 0.1) is 32.0 Å². The second kappa shape index (κ2) is 10.8. The molecule has 0 aromatic carbocycles. The third-order valence-electron chi connectivity index (χ3n) is 4.34. The molecule has 0 spiro atoms. The SMILES string of the molecule is COC(=O)CCNC(=O)[C@@H]1OP(=O)(N[C@H](C)C(=O)OCc2cnccn2)OCC1(C)C. The first-order chi connectivity index (χ1) is 14.6. The van der Waals surface area contributed by atoms with E-state index in [4.69, 9.17) is 13.8 Å². The van der Waals surface area contributed by atoms with Crippen LogP contribution in [0.25, 0.3) is 0 Å². The summed E-state index contributed by atoms with van der Waals surface area (Å²) >= 11 is 0. The molecule has 2 N–H and O–H groups in total. The van der Waals surface area contributed by atoms with Crippen LogP contribution in [0.1, 0.15) is 32.9 Å². The number of esters is 2. The van der Waals surface area contributed by atoms with E-state index in [0.29, 0.717) is 5.69 Å². The van der Waals surface area contributed by atoms with Crippen molar-refractivity contribution in [1.82, 2.24) is 20.4 Å². The molecule has 0 aliphatic carbocycles. The third-order valence-corrected chi connectivity index (χ3v) is 6.00. The Bertz CT molecular complexity index is 835. The lowest BCUT2D eigenvalue weighted by Crippen LogP contribution is -2.51. The van der Waals surface area contributed by atoms with Crippen molar-refractivity contribution in [2.45, 2.75) is 45.9 Å². The molecule has 0 bridgehead atoms. The van der Waals surface area contributed by atoms with Crippen molar-refractivity contribution >= 4 is 25.6 Å². The minimum atomic E-state index is -4.00. The quantitative estimate of drug-likeness (QED) is 0.397. The lowest BCUT2D eigenvalue weighted by Gasteiger charge is -2.40. The van der Waals surface area contributed by atoms with Crippen LogP contribution >= 0.6 is 7.75 Å². The van der Waals surface area contributed by atoms with E-state index in [-0.39, 0.29) is 26.2 Å². The summed E-state index contributed by atoms with van der Waals surface area (Å²) in [6.45, 7) is 4.71. The van der Waals surface area contributed by atoms with Crippen molar-refractivity contribution in [2.24, 2.45) is 5.41 Å². The lowest BCUT2D eigenvalue weighted by atomic mass is 9.87. The molecule has 3 atom stereocenters. The maximum absolute atomic E-state index is 13.0. The summed E-state index contributed by atoms with van der Waals surface area (Å²) in [5.41, 5.74) is -0.356. The smallest absolute Gasteiger partial charge is 0.407 e. The van der Waals surface area contributed by atoms with Crippen molar-refractivity contribution in [3.8, 4) is 0 Å². The fraction of sp³-hybridized carbons (Fsp3) is 0.611. The van der Waals surface area contributed by atoms with E-state index >= 15 is 0 Å². The van der Waals surface area contributed by atoms with Gasteiger partial charge in [-0.2, -0.15) is 0 Å². The van der Waals surface area contributed by atoms with Gasteiger partial charge < -0.3 is 14.8 Å². The van der Waals surface area contributed by atoms with E-state index in [9.17, 15) is 18.9 Å². The number of ether oxygens (including phenoxy) is 2. The molecular formula is C18H27N4O8P. The van der Waals surface area contributed by atoms with E-state index in [1.54, 1.807) is 13.8 Å². The summed E-state index contributed by atoms with van der Waals surface area (Å²) in [4.78, 5) is 43.8. The molecule has 1 aliphatic heterocycles. The van der Waals surface area contributed by atoms with E-state index in [1.807, 2.05) is 0 Å². The second-order valence-corrected chi connectivity index (χ2v) is 9.24. The van der Waals surface area contributed by atoms with Crippen molar-refractivity contribution in [3.05, 3.63) is 24.3 Å². The number of hydrogen-bond acceptors (Lipinski definition) is 10. The van der Waals surface area contributed by atoms with E-state index in [1.165, 1.54) is 32.6 Å². The maximum atomic E-state index is 13.0. The Hall–Kier alpha value is -2.40. The molecule has 1 aromatic heterocycles. The van der Waals surface area contributed by atoms with Crippen LogP contribution in [0.4, 0.5) is 0 Å². The molecular weight excluding hydrogens is 431 g/mol. The van der Waals surface area contributed by atoms with Gasteiger partial charge in [-0.25, -0.2) is 9.65 Å². The standard InChI is InChI=1S/C18H27N4O8P/c1-12(17(25)28-10-13-9-19-7-8-20-13)22-31(26)29-11-18(2,3)15(30-31)16(24)21-6-5-14(23)27-4/h7-9,12,15H,5-6,10-11H2,1-4H3,(H,21,24)(H,22,26)/t12-,15+,31?/m1/s1. The van der Waals surface area contributed by atoms with Crippen molar-refractivity contribution < 1.29 is 37.5 Å². The van der Waals surface area contributed by atoms with E-state index < -0.39 is 43.2 Å². The number of nitrogens with zero attached hydrogens (tertiary/aromatic N) is 2. The molecule has 13 heteroatoms. The Labute approximate surface area is 180 Å². The van der Waals surface area contributed by atoms with E-state index in [2.05, 4.69) is 25.1 Å². The minimum Gasteiger partial charge on any atom is -0.469 e. The maximum Gasteiger partial charge on any atom is 0.407 e. The van der Waals surface area contributed by atoms with Crippen molar-refractivity contribution in [1.29, 1.82) is 0 Å². The summed E-state index contributed by atoms with van der Waals surface area (Å²) in [6.07, 6.45) is 3.25. The van der Waals surface area contributed by atoms with Gasteiger partial charge in [-0.15, -0.1) is 0 Å². The molecule has 12 nitrogen and oxygen atoms in total. The Morgan fingerprint density at radius 1 is 1.35 bits per heavy atom. The molecule has 31 heavy (non-hydrogen) atoms. The van der Waals surface area contributed by atoms with Crippen molar-refractivity contribution in [3.63, 3.8) is 0 Å². The van der Waals surface area contributed by atoms with Gasteiger partial charge in [0.15, 0.2) is 6.10 Å². The van der Waals surface area contributed by atoms with E-state index in [0.717, 1.165) is 0 Å². The summed E-state index contributed by atoms with van der Waals surface area (Å²) in [7, 11) is -2.75. The Kier molecular flexibility index (Phi) is 8.63. The minimum absolute atomic E-state index is 0.0174. The number of aromatic nitrogens is 2. The van der Waals surface area contributed by atoms with Crippen LogP contribution in [0.2, 0.25) is 0 Å². The molecule has 1 aromatic rings. The van der Waals surface area contributed by atoms with Gasteiger partial charge in [0.25, 0.3) is 0 Å². The summed E-state index contributed by atoms with van der Waals surface area (Å²) < 4.78 is 33.5. The highest BCUT2D eigenvalue weighted by molar-refractivity contribution is 7.51. The first-order valence-corrected chi connectivity index (χ1v) is 11.1. The zero-order valence-electron chi connectivity index (χ0n) is 17.8. The predicted octanol–water partition coefficient (Wildman–Crippen LogP) is 0.727. The summed E-state index contributed by atoms with van der Waals surface area (Å²) in [5, 5.41) is 5.04. The van der Waals surface area contributed by atoms with Crippen LogP contribution < -0.4 is 10.4 Å². The molecule has 0 saturated carbocycles. The molecule has 1 fully saturated rings. The summed E-state index contributed by atoms with van der Waals surface area (Å²) in [6, 6.07) is -1.05. The van der Waals surface area contributed by atoms with Gasteiger partial charge in [0.1, 0.15) is 12.6 Å². The molecule has 1 aliphatic rings. The Morgan fingerprint density at radius 3 is 2.74 bits per heavy atom. The number of amides is 1. The Balaban J connectivity index is 1.94. The number of nitrogens with one attached hydrogen (secondary N) is 2. The first kappa shape index (κ1) is 24.9. The predicted molar refractivity (Wildman–Crippen MR) is 106 cm³/mol. The number of methoxy groups -OCH3 is 1. The van der Waals surface area contributed by atoms with Crippen LogP contribution in [0.3, 0.4) is 0 Å². The Morgan fingerprint density at radius 2 is 2.10 bits per heavy atom. The number of carbonyl (C=O) groups excluding carboxylic acids is 3. The third kappa shape index (κ3) is 7.35. The fourth-order valence-corrected chi connectivity index (χ4v) is 4.49. The van der Waals surface area contributed by atoms with Gasteiger partial charge in [-0.3, -0.25) is 33.4 Å². The van der Waals surface area contributed by atoms with Gasteiger partial charge >= 0.3 is 19.7 Å². The van der Waals surface area contributed by atoms with Crippen LogP contribution in [-0.4, -0.2) is 60.2 Å². The molecule has 0 radical (unpaired) electrons. The fourth-order valence-electron chi connectivity index (χ4n) is 2.56. The molecule has 1 unspecified atom stereocenters. The average molecular weight is 458 g/mol. The molecule has 2 heterocycles. The van der Waals surface area contributed by atoms with Gasteiger partial charge in [-0.05, 0) is 6.92 Å². The highest BCUT2D eigenvalue weighted by Gasteiger charge is 2.49. The molecule has 2 rings (SSSR count). The average Bonchev–Trinajstić information content (AvgIpc) is 2.74. The normalized spacial score (nSPS) is 23.4. The largest absolute Gasteiger partial charge is 0.469 e. The number of hydrogen-bond donors (Lipinski definition) is 2. The van der Waals surface area contributed by atoms with Gasteiger partial charge in [-0.1, -0.05) is 13.8 Å².